The van der Waals surface area contributed by atoms with Gasteiger partial charge in [-0.25, -0.2) is 0 Å². The predicted molar refractivity (Wildman–Crippen MR) is 86.9 cm³/mol. The van der Waals surface area contributed by atoms with Crippen LogP contribution < -0.4 is 4.74 Å². The fourth-order valence-electron chi connectivity index (χ4n) is 3.76. The first-order valence-corrected chi connectivity index (χ1v) is 8.32. The molecule has 0 bridgehead atoms. The molecule has 22 heavy (non-hydrogen) atoms. The molecule has 4 heteroatoms. The van der Waals surface area contributed by atoms with Crippen LogP contribution >= 0.6 is 0 Å². The summed E-state index contributed by atoms with van der Waals surface area (Å²) in [5.74, 6) is 1.31. The predicted octanol–water partition coefficient (Wildman–Crippen LogP) is 2.70. The van der Waals surface area contributed by atoms with Crippen LogP contribution in [0, 0.1) is 5.92 Å². The normalized spacial score (nSPS) is 26.5. The van der Waals surface area contributed by atoms with Crippen molar-refractivity contribution in [3.63, 3.8) is 0 Å². The van der Waals surface area contributed by atoms with Crippen molar-refractivity contribution in [3.05, 3.63) is 29.8 Å². The number of benzene rings is 1. The molecule has 0 aliphatic carbocycles. The van der Waals surface area contributed by atoms with Crippen molar-refractivity contribution in [2.75, 3.05) is 33.8 Å². The highest BCUT2D eigenvalue weighted by Gasteiger charge is 2.38. The summed E-state index contributed by atoms with van der Waals surface area (Å²) in [6.07, 6.45) is 4.82. The number of nitrogens with zero attached hydrogens (tertiary/aromatic N) is 2. The second-order valence-corrected chi connectivity index (χ2v) is 6.53. The summed E-state index contributed by atoms with van der Waals surface area (Å²) < 4.78 is 5.21. The zero-order chi connectivity index (χ0) is 15.5. The first-order valence-electron chi connectivity index (χ1n) is 8.32. The van der Waals surface area contributed by atoms with E-state index in [-0.39, 0.29) is 12.0 Å². The summed E-state index contributed by atoms with van der Waals surface area (Å²) in [5.41, 5.74) is 1.21. The van der Waals surface area contributed by atoms with Gasteiger partial charge in [-0.2, -0.15) is 0 Å². The lowest BCUT2D eigenvalue weighted by Crippen LogP contribution is -2.36. The van der Waals surface area contributed by atoms with Crippen molar-refractivity contribution in [3.8, 4) is 5.75 Å². The Bertz CT molecular complexity index is 508. The van der Waals surface area contributed by atoms with Gasteiger partial charge in [0, 0.05) is 13.6 Å². The average Bonchev–Trinajstić information content (AvgIpc) is 2.84. The maximum absolute atomic E-state index is 12.6. The molecule has 1 amide bonds. The van der Waals surface area contributed by atoms with Crippen molar-refractivity contribution >= 4 is 5.91 Å². The van der Waals surface area contributed by atoms with E-state index in [0.717, 1.165) is 31.8 Å². The number of rotatable bonds is 4. The van der Waals surface area contributed by atoms with E-state index >= 15 is 0 Å². The number of hydrogen-bond acceptors (Lipinski definition) is 3. The van der Waals surface area contributed by atoms with Gasteiger partial charge in [0.2, 0.25) is 5.91 Å². The molecule has 2 aliphatic rings. The van der Waals surface area contributed by atoms with E-state index in [2.05, 4.69) is 17.0 Å². The maximum Gasteiger partial charge on any atom is 0.227 e. The van der Waals surface area contributed by atoms with Gasteiger partial charge in [-0.3, -0.25) is 4.79 Å². The highest BCUT2D eigenvalue weighted by atomic mass is 16.5. The smallest absolute Gasteiger partial charge is 0.227 e. The molecule has 1 aromatic rings. The van der Waals surface area contributed by atoms with Crippen molar-refractivity contribution in [2.24, 2.45) is 5.92 Å². The molecule has 0 aromatic heterocycles. The van der Waals surface area contributed by atoms with Crippen LogP contribution in [0.3, 0.4) is 0 Å². The van der Waals surface area contributed by atoms with Crippen molar-refractivity contribution in [1.29, 1.82) is 0 Å². The summed E-state index contributed by atoms with van der Waals surface area (Å²) in [6, 6.07) is 8.32. The highest BCUT2D eigenvalue weighted by Crippen LogP contribution is 2.36. The fourth-order valence-corrected chi connectivity index (χ4v) is 3.76. The number of ether oxygens (including phenoxy) is 1. The number of carbonyl (C=O) groups is 1. The molecule has 0 radical (unpaired) electrons. The van der Waals surface area contributed by atoms with Crippen LogP contribution in [-0.2, 0) is 4.79 Å². The standard InChI is InChI=1S/C18H26N2O2/c1-19-17(14-6-8-16(22-2)9-7-14)12-15(18(19)21)13-20-10-4-3-5-11-20/h6-9,15,17H,3-5,10-13H2,1-2H3. The lowest BCUT2D eigenvalue weighted by atomic mass is 9.98. The second-order valence-electron chi connectivity index (χ2n) is 6.53. The molecule has 3 rings (SSSR count). The van der Waals surface area contributed by atoms with Gasteiger partial charge in [0.25, 0.3) is 0 Å². The maximum atomic E-state index is 12.6. The third kappa shape index (κ3) is 3.12. The molecule has 4 nitrogen and oxygen atoms in total. The zero-order valence-corrected chi connectivity index (χ0v) is 13.6. The largest absolute Gasteiger partial charge is 0.497 e. The number of hydrogen-bond donors (Lipinski definition) is 0. The molecule has 120 valence electrons. The van der Waals surface area contributed by atoms with Crippen LogP contribution in [0.5, 0.6) is 5.75 Å². The Kier molecular flexibility index (Phi) is 4.67. The Balaban J connectivity index is 1.67. The summed E-state index contributed by atoms with van der Waals surface area (Å²) >= 11 is 0. The Labute approximate surface area is 133 Å². The topological polar surface area (TPSA) is 32.8 Å². The third-order valence-corrected chi connectivity index (χ3v) is 5.10. The molecule has 2 fully saturated rings. The van der Waals surface area contributed by atoms with E-state index in [1.54, 1.807) is 7.11 Å². The second kappa shape index (κ2) is 6.69. The molecule has 2 unspecified atom stereocenters. The molecule has 2 atom stereocenters. The van der Waals surface area contributed by atoms with Crippen LogP contribution in [-0.4, -0.2) is 49.5 Å². The molecule has 0 N–H and O–H groups in total. The SMILES string of the molecule is COc1ccc(C2CC(CN3CCCCC3)C(=O)N2C)cc1. The van der Waals surface area contributed by atoms with Crippen molar-refractivity contribution in [2.45, 2.75) is 31.7 Å². The molecular formula is C18H26N2O2. The number of methoxy groups -OCH3 is 1. The minimum atomic E-state index is 0.148. The van der Waals surface area contributed by atoms with Gasteiger partial charge in [-0.05, 0) is 50.0 Å². The minimum absolute atomic E-state index is 0.148. The minimum Gasteiger partial charge on any atom is -0.497 e. The molecule has 1 aromatic carbocycles. The number of piperidine rings is 1. The van der Waals surface area contributed by atoms with E-state index in [1.807, 2.05) is 24.1 Å². The lowest BCUT2D eigenvalue weighted by molar-refractivity contribution is -0.131. The number of amides is 1. The summed E-state index contributed by atoms with van der Waals surface area (Å²) in [7, 11) is 3.61. The van der Waals surface area contributed by atoms with Crippen LogP contribution in [0.25, 0.3) is 0 Å². The molecule has 2 aliphatic heterocycles. The Morgan fingerprint density at radius 2 is 1.82 bits per heavy atom. The molecule has 0 spiro atoms. The summed E-state index contributed by atoms with van der Waals surface area (Å²) in [6.45, 7) is 3.23. The zero-order valence-electron chi connectivity index (χ0n) is 13.6. The first-order chi connectivity index (χ1) is 10.7. The van der Waals surface area contributed by atoms with Gasteiger partial charge in [0.15, 0.2) is 0 Å². The molecule has 2 saturated heterocycles. The Morgan fingerprint density at radius 1 is 1.14 bits per heavy atom. The van der Waals surface area contributed by atoms with E-state index < -0.39 is 0 Å². The van der Waals surface area contributed by atoms with E-state index in [4.69, 9.17) is 4.74 Å². The molecule has 2 heterocycles. The average molecular weight is 302 g/mol. The van der Waals surface area contributed by atoms with E-state index in [0.29, 0.717) is 5.91 Å². The van der Waals surface area contributed by atoms with Gasteiger partial charge >= 0.3 is 0 Å². The quantitative estimate of drug-likeness (QED) is 0.857. The van der Waals surface area contributed by atoms with Crippen LogP contribution in [0.4, 0.5) is 0 Å². The van der Waals surface area contributed by atoms with Crippen molar-refractivity contribution < 1.29 is 9.53 Å². The summed E-state index contributed by atoms with van der Waals surface area (Å²) in [4.78, 5) is 17.0. The van der Waals surface area contributed by atoms with Crippen LogP contribution in [0.1, 0.15) is 37.3 Å². The van der Waals surface area contributed by atoms with Crippen LogP contribution in [0.15, 0.2) is 24.3 Å². The fraction of sp³-hybridized carbons (Fsp3) is 0.611. The van der Waals surface area contributed by atoms with Gasteiger partial charge in [-0.1, -0.05) is 18.6 Å². The summed E-state index contributed by atoms with van der Waals surface area (Å²) in [5, 5.41) is 0. The molecule has 0 saturated carbocycles. The van der Waals surface area contributed by atoms with E-state index in [1.165, 1.54) is 24.8 Å². The van der Waals surface area contributed by atoms with Crippen LogP contribution in [0.2, 0.25) is 0 Å². The number of carbonyl (C=O) groups excluding carboxylic acids is 1. The third-order valence-electron chi connectivity index (χ3n) is 5.10. The first kappa shape index (κ1) is 15.3. The Morgan fingerprint density at radius 3 is 2.45 bits per heavy atom. The van der Waals surface area contributed by atoms with Gasteiger partial charge < -0.3 is 14.5 Å². The lowest BCUT2D eigenvalue weighted by Gasteiger charge is -2.28. The van der Waals surface area contributed by atoms with Crippen molar-refractivity contribution in [1.82, 2.24) is 9.80 Å². The van der Waals surface area contributed by atoms with Gasteiger partial charge in [0.1, 0.15) is 5.75 Å². The molecular weight excluding hydrogens is 276 g/mol. The van der Waals surface area contributed by atoms with Gasteiger partial charge in [0.05, 0.1) is 19.1 Å². The van der Waals surface area contributed by atoms with E-state index in [9.17, 15) is 4.79 Å². The monoisotopic (exact) mass is 302 g/mol. The highest BCUT2D eigenvalue weighted by molar-refractivity contribution is 5.81. The van der Waals surface area contributed by atoms with Gasteiger partial charge in [-0.15, -0.1) is 0 Å². The Hall–Kier alpha value is -1.55. The number of likely N-dealkylation sites (tertiary alicyclic amines) is 2.